The Labute approximate surface area is 91.2 Å². The fourth-order valence-electron chi connectivity index (χ4n) is 1.38. The van der Waals surface area contributed by atoms with Crippen molar-refractivity contribution < 1.29 is 14.3 Å². The van der Waals surface area contributed by atoms with Crippen LogP contribution >= 0.6 is 0 Å². The zero-order valence-corrected chi connectivity index (χ0v) is 10.1. The van der Waals surface area contributed by atoms with E-state index in [1.807, 2.05) is 27.7 Å². The summed E-state index contributed by atoms with van der Waals surface area (Å²) in [7, 11) is 0. The Hall–Kier alpha value is -0.860. The van der Waals surface area contributed by atoms with Crippen LogP contribution in [0.5, 0.6) is 0 Å². The molecule has 0 amide bonds. The van der Waals surface area contributed by atoms with Gasteiger partial charge < -0.3 is 4.74 Å². The Morgan fingerprint density at radius 3 is 2.13 bits per heavy atom. The van der Waals surface area contributed by atoms with Crippen molar-refractivity contribution >= 4 is 11.8 Å². The summed E-state index contributed by atoms with van der Waals surface area (Å²) in [5.74, 6) is -0.0755. The Bertz CT molecular complexity index is 269. The lowest BCUT2D eigenvalue weighted by Crippen LogP contribution is -2.24. The molecular weight excluding hydrogens is 192 g/mol. The molecule has 1 fully saturated rings. The van der Waals surface area contributed by atoms with E-state index in [4.69, 9.17) is 4.74 Å². The van der Waals surface area contributed by atoms with Gasteiger partial charge in [0.25, 0.3) is 0 Å². The summed E-state index contributed by atoms with van der Waals surface area (Å²) in [6.07, 6.45) is 2.48. The average molecular weight is 212 g/mol. The van der Waals surface area contributed by atoms with Crippen molar-refractivity contribution in [2.24, 2.45) is 5.41 Å². The number of hydrogen-bond acceptors (Lipinski definition) is 3. The second-order valence-corrected chi connectivity index (χ2v) is 5.57. The predicted molar refractivity (Wildman–Crippen MR) is 57.4 cm³/mol. The second kappa shape index (κ2) is 3.95. The monoisotopic (exact) mass is 212 g/mol. The molecule has 0 N–H and O–H groups in total. The number of ether oxygens (including phenoxy) is 1. The van der Waals surface area contributed by atoms with E-state index in [9.17, 15) is 9.59 Å². The first-order chi connectivity index (χ1) is 6.73. The van der Waals surface area contributed by atoms with Gasteiger partial charge in [-0.2, -0.15) is 0 Å². The molecule has 1 saturated carbocycles. The Kier molecular flexibility index (Phi) is 3.22. The number of esters is 1. The Morgan fingerprint density at radius 1 is 1.20 bits per heavy atom. The van der Waals surface area contributed by atoms with Gasteiger partial charge in [0.1, 0.15) is 11.4 Å². The largest absolute Gasteiger partial charge is 0.460 e. The van der Waals surface area contributed by atoms with Gasteiger partial charge in [0.15, 0.2) is 0 Å². The molecule has 0 aromatic carbocycles. The standard InChI is InChI=1S/C12H20O3/c1-11(2,3)15-10(14)6-5-9(13)12(4)7-8-12/h5-8H2,1-4H3. The maximum atomic E-state index is 11.6. The van der Waals surface area contributed by atoms with Crippen molar-refractivity contribution in [2.45, 2.75) is 59.0 Å². The van der Waals surface area contributed by atoms with Crippen LogP contribution in [0, 0.1) is 5.41 Å². The van der Waals surface area contributed by atoms with Crippen molar-refractivity contribution in [1.29, 1.82) is 0 Å². The molecule has 15 heavy (non-hydrogen) atoms. The van der Waals surface area contributed by atoms with Crippen molar-refractivity contribution in [3.63, 3.8) is 0 Å². The molecule has 0 aliphatic heterocycles. The maximum absolute atomic E-state index is 11.6. The second-order valence-electron chi connectivity index (χ2n) is 5.57. The molecule has 0 aromatic heterocycles. The van der Waals surface area contributed by atoms with Gasteiger partial charge in [-0.3, -0.25) is 9.59 Å². The van der Waals surface area contributed by atoms with Gasteiger partial charge >= 0.3 is 5.97 Å². The van der Waals surface area contributed by atoms with E-state index in [0.717, 1.165) is 12.8 Å². The van der Waals surface area contributed by atoms with E-state index in [1.54, 1.807) is 0 Å². The molecule has 0 unspecified atom stereocenters. The molecule has 1 aliphatic rings. The van der Waals surface area contributed by atoms with E-state index in [1.165, 1.54) is 0 Å². The molecule has 86 valence electrons. The SMILES string of the molecule is CC(C)(C)OC(=O)CCC(=O)C1(C)CC1. The smallest absolute Gasteiger partial charge is 0.306 e. The summed E-state index contributed by atoms with van der Waals surface area (Å²) in [6.45, 7) is 7.45. The van der Waals surface area contributed by atoms with Crippen LogP contribution in [0.15, 0.2) is 0 Å². The van der Waals surface area contributed by atoms with E-state index in [-0.39, 0.29) is 23.6 Å². The number of hydrogen-bond donors (Lipinski definition) is 0. The lowest BCUT2D eigenvalue weighted by Gasteiger charge is -2.19. The van der Waals surface area contributed by atoms with Crippen LogP contribution in [0.25, 0.3) is 0 Å². The molecule has 0 bridgehead atoms. The molecule has 0 saturated heterocycles. The van der Waals surface area contributed by atoms with Crippen LogP contribution in [0.1, 0.15) is 53.4 Å². The molecule has 1 aliphatic carbocycles. The minimum atomic E-state index is -0.455. The molecule has 0 spiro atoms. The fraction of sp³-hybridized carbons (Fsp3) is 0.833. The number of carbonyl (C=O) groups excluding carboxylic acids is 2. The molecule has 0 atom stereocenters. The molecule has 3 heteroatoms. The summed E-state index contributed by atoms with van der Waals surface area (Å²) in [4.78, 5) is 22.9. The normalized spacial score (nSPS) is 18.4. The average Bonchev–Trinajstić information content (AvgIpc) is 2.77. The summed E-state index contributed by atoms with van der Waals surface area (Å²) >= 11 is 0. The van der Waals surface area contributed by atoms with Gasteiger partial charge in [-0.25, -0.2) is 0 Å². The summed E-state index contributed by atoms with van der Waals surface area (Å²) in [6, 6.07) is 0. The van der Waals surface area contributed by atoms with Crippen LogP contribution < -0.4 is 0 Å². The molecule has 3 nitrogen and oxygen atoms in total. The number of Topliss-reactive ketones (excluding diaryl/α,β-unsaturated/α-hetero) is 1. The van der Waals surface area contributed by atoms with Gasteiger partial charge in [-0.05, 0) is 33.6 Å². The maximum Gasteiger partial charge on any atom is 0.306 e. The highest BCUT2D eigenvalue weighted by Gasteiger charge is 2.43. The van der Waals surface area contributed by atoms with Crippen LogP contribution in [-0.4, -0.2) is 17.4 Å². The first kappa shape index (κ1) is 12.2. The molecule has 0 aromatic rings. The molecular formula is C12H20O3. The predicted octanol–water partition coefficient (Wildman–Crippen LogP) is 2.48. The van der Waals surface area contributed by atoms with Gasteiger partial charge in [0.05, 0.1) is 6.42 Å². The summed E-state index contributed by atoms with van der Waals surface area (Å²) in [5, 5.41) is 0. The third-order valence-electron chi connectivity index (χ3n) is 2.65. The van der Waals surface area contributed by atoms with Gasteiger partial charge in [-0.15, -0.1) is 0 Å². The number of carbonyl (C=O) groups is 2. The number of rotatable bonds is 4. The lowest BCUT2D eigenvalue weighted by molar-refractivity contribution is -0.155. The van der Waals surface area contributed by atoms with E-state index < -0.39 is 5.60 Å². The van der Waals surface area contributed by atoms with Crippen molar-refractivity contribution in [3.05, 3.63) is 0 Å². The van der Waals surface area contributed by atoms with Crippen LogP contribution in [-0.2, 0) is 14.3 Å². The first-order valence-electron chi connectivity index (χ1n) is 5.48. The van der Waals surface area contributed by atoms with E-state index >= 15 is 0 Å². The first-order valence-corrected chi connectivity index (χ1v) is 5.48. The Morgan fingerprint density at radius 2 is 1.73 bits per heavy atom. The quantitative estimate of drug-likeness (QED) is 0.672. The Balaban J connectivity index is 2.25. The highest BCUT2D eigenvalue weighted by atomic mass is 16.6. The number of ketones is 1. The third kappa shape index (κ3) is 4.02. The topological polar surface area (TPSA) is 43.4 Å². The zero-order valence-electron chi connectivity index (χ0n) is 10.1. The van der Waals surface area contributed by atoms with E-state index in [0.29, 0.717) is 6.42 Å². The summed E-state index contributed by atoms with van der Waals surface area (Å²) in [5.41, 5.74) is -0.578. The fourth-order valence-corrected chi connectivity index (χ4v) is 1.38. The molecule has 1 rings (SSSR count). The summed E-state index contributed by atoms with van der Waals surface area (Å²) < 4.78 is 5.13. The van der Waals surface area contributed by atoms with Gasteiger partial charge in [0, 0.05) is 11.8 Å². The lowest BCUT2D eigenvalue weighted by atomic mass is 10.00. The highest BCUT2D eigenvalue weighted by Crippen LogP contribution is 2.46. The molecule has 0 heterocycles. The van der Waals surface area contributed by atoms with Crippen molar-refractivity contribution in [1.82, 2.24) is 0 Å². The van der Waals surface area contributed by atoms with Crippen LogP contribution in [0.3, 0.4) is 0 Å². The third-order valence-corrected chi connectivity index (χ3v) is 2.65. The van der Waals surface area contributed by atoms with Crippen molar-refractivity contribution in [2.75, 3.05) is 0 Å². The van der Waals surface area contributed by atoms with Crippen LogP contribution in [0.2, 0.25) is 0 Å². The zero-order chi connectivity index (χ0) is 11.7. The van der Waals surface area contributed by atoms with E-state index in [2.05, 4.69) is 0 Å². The molecule has 0 radical (unpaired) electrons. The minimum absolute atomic E-state index is 0.123. The van der Waals surface area contributed by atoms with Gasteiger partial charge in [0.2, 0.25) is 0 Å². The van der Waals surface area contributed by atoms with Crippen LogP contribution in [0.4, 0.5) is 0 Å². The minimum Gasteiger partial charge on any atom is -0.460 e. The van der Waals surface area contributed by atoms with Gasteiger partial charge in [-0.1, -0.05) is 6.92 Å². The van der Waals surface area contributed by atoms with Crippen molar-refractivity contribution in [3.8, 4) is 0 Å². The highest BCUT2D eigenvalue weighted by molar-refractivity contribution is 5.89.